The molecule has 0 aliphatic carbocycles. The van der Waals surface area contributed by atoms with Gasteiger partial charge in [0.2, 0.25) is 10.0 Å². The van der Waals surface area contributed by atoms with Crippen molar-refractivity contribution in [3.05, 3.63) is 65.5 Å². The molecule has 0 fully saturated rings. The number of nitrogens with one attached hydrogen (secondary N) is 3. The molecule has 0 amide bonds. The Morgan fingerprint density at radius 3 is 2.42 bits per heavy atom. The molecule has 26 heavy (non-hydrogen) atoms. The average Bonchev–Trinajstić information content (AvgIpc) is 2.55. The Bertz CT molecular complexity index is 859. The van der Waals surface area contributed by atoms with Gasteiger partial charge in [-0.3, -0.25) is 9.71 Å². The number of rotatable bonds is 6. The van der Waals surface area contributed by atoms with E-state index < -0.39 is 10.0 Å². The molecular formula is C17H22FIN4O2S. The predicted molar refractivity (Wildman–Crippen MR) is 114 cm³/mol. The zero-order valence-electron chi connectivity index (χ0n) is 14.5. The van der Waals surface area contributed by atoms with Crippen LogP contribution in [0.15, 0.2) is 53.5 Å². The normalized spacial score (nSPS) is 11.4. The number of aliphatic imine (C=N–C) groups is 1. The van der Waals surface area contributed by atoms with Crippen molar-refractivity contribution in [1.29, 1.82) is 0 Å². The Hall–Kier alpha value is -1.88. The summed E-state index contributed by atoms with van der Waals surface area (Å²) in [6.07, 6.45) is 1.11. The lowest BCUT2D eigenvalue weighted by molar-refractivity contribution is 0.606. The minimum absolute atomic E-state index is 0. The third-order valence-corrected chi connectivity index (χ3v) is 3.92. The van der Waals surface area contributed by atoms with E-state index in [1.54, 1.807) is 25.2 Å². The second-order valence-electron chi connectivity index (χ2n) is 5.44. The lowest BCUT2D eigenvalue weighted by Crippen LogP contribution is -2.36. The van der Waals surface area contributed by atoms with Gasteiger partial charge in [0.25, 0.3) is 0 Å². The van der Waals surface area contributed by atoms with Crippen molar-refractivity contribution in [2.24, 2.45) is 4.99 Å². The first kappa shape index (κ1) is 22.2. The summed E-state index contributed by atoms with van der Waals surface area (Å²) in [6.45, 7) is 0.794. The van der Waals surface area contributed by atoms with Crippen LogP contribution in [0, 0.1) is 5.82 Å². The van der Waals surface area contributed by atoms with Crippen molar-refractivity contribution in [3.63, 3.8) is 0 Å². The van der Waals surface area contributed by atoms with Crippen molar-refractivity contribution >= 4 is 45.6 Å². The van der Waals surface area contributed by atoms with E-state index in [2.05, 4.69) is 20.3 Å². The van der Waals surface area contributed by atoms with Gasteiger partial charge in [0, 0.05) is 20.1 Å². The number of hydrogen-bond acceptors (Lipinski definition) is 3. The minimum atomic E-state index is -3.35. The summed E-state index contributed by atoms with van der Waals surface area (Å²) in [5, 5.41) is 6.19. The Morgan fingerprint density at radius 1 is 1.08 bits per heavy atom. The molecule has 0 unspecified atom stereocenters. The molecule has 0 heterocycles. The van der Waals surface area contributed by atoms with Crippen LogP contribution in [-0.4, -0.2) is 27.7 Å². The number of halogens is 2. The topological polar surface area (TPSA) is 82.6 Å². The van der Waals surface area contributed by atoms with E-state index in [9.17, 15) is 12.8 Å². The first-order chi connectivity index (χ1) is 11.9. The molecule has 0 saturated heterocycles. The molecule has 0 spiro atoms. The van der Waals surface area contributed by atoms with Crippen molar-refractivity contribution in [3.8, 4) is 0 Å². The quantitative estimate of drug-likeness (QED) is 0.329. The summed E-state index contributed by atoms with van der Waals surface area (Å²) in [4.78, 5) is 4.11. The maximum absolute atomic E-state index is 13.2. The monoisotopic (exact) mass is 492 g/mol. The number of guanidine groups is 1. The van der Waals surface area contributed by atoms with Gasteiger partial charge in [-0.15, -0.1) is 24.0 Å². The van der Waals surface area contributed by atoms with Gasteiger partial charge in [0.1, 0.15) is 5.82 Å². The van der Waals surface area contributed by atoms with Crippen LogP contribution in [0.2, 0.25) is 0 Å². The lowest BCUT2D eigenvalue weighted by atomic mass is 10.2. The SMILES string of the molecule is CN=C(NCc1cccc(F)c1)NCc1ccccc1NS(C)(=O)=O.I. The second-order valence-corrected chi connectivity index (χ2v) is 7.19. The van der Waals surface area contributed by atoms with Crippen LogP contribution >= 0.6 is 24.0 Å². The summed E-state index contributed by atoms with van der Waals surface area (Å²) in [6, 6.07) is 13.4. The first-order valence-electron chi connectivity index (χ1n) is 7.62. The molecule has 2 aromatic rings. The molecule has 0 bridgehead atoms. The minimum Gasteiger partial charge on any atom is -0.352 e. The number of sulfonamides is 1. The van der Waals surface area contributed by atoms with Gasteiger partial charge < -0.3 is 10.6 Å². The predicted octanol–water partition coefficient (Wildman–Crippen LogP) is 2.68. The van der Waals surface area contributed by atoms with Gasteiger partial charge in [-0.25, -0.2) is 12.8 Å². The molecule has 0 saturated carbocycles. The van der Waals surface area contributed by atoms with Gasteiger partial charge in [-0.2, -0.15) is 0 Å². The van der Waals surface area contributed by atoms with Crippen molar-refractivity contribution in [2.45, 2.75) is 13.1 Å². The highest BCUT2D eigenvalue weighted by atomic mass is 127. The average molecular weight is 492 g/mol. The highest BCUT2D eigenvalue weighted by molar-refractivity contribution is 14.0. The molecule has 142 valence electrons. The van der Waals surface area contributed by atoms with Gasteiger partial charge >= 0.3 is 0 Å². The van der Waals surface area contributed by atoms with Crippen molar-refractivity contribution < 1.29 is 12.8 Å². The van der Waals surface area contributed by atoms with Gasteiger partial charge in [-0.1, -0.05) is 30.3 Å². The Balaban J connectivity index is 0.00000338. The third kappa shape index (κ3) is 7.56. The van der Waals surface area contributed by atoms with Crippen LogP contribution in [0.5, 0.6) is 0 Å². The number of benzene rings is 2. The molecule has 2 aromatic carbocycles. The van der Waals surface area contributed by atoms with E-state index in [4.69, 9.17) is 0 Å². The smallest absolute Gasteiger partial charge is 0.229 e. The molecule has 2 rings (SSSR count). The number of hydrogen-bond donors (Lipinski definition) is 3. The number of nitrogens with zero attached hydrogens (tertiary/aromatic N) is 1. The molecule has 0 radical (unpaired) electrons. The van der Waals surface area contributed by atoms with Crippen LogP contribution in [0.3, 0.4) is 0 Å². The van der Waals surface area contributed by atoms with Crippen molar-refractivity contribution in [2.75, 3.05) is 18.0 Å². The second kappa shape index (κ2) is 10.3. The molecule has 0 atom stereocenters. The fraction of sp³-hybridized carbons (Fsp3) is 0.235. The molecule has 6 nitrogen and oxygen atoms in total. The van der Waals surface area contributed by atoms with Crippen LogP contribution in [0.4, 0.5) is 10.1 Å². The maximum Gasteiger partial charge on any atom is 0.229 e. The maximum atomic E-state index is 13.2. The van der Waals surface area contributed by atoms with E-state index in [1.807, 2.05) is 18.2 Å². The first-order valence-corrected chi connectivity index (χ1v) is 9.51. The van der Waals surface area contributed by atoms with Gasteiger partial charge in [0.15, 0.2) is 5.96 Å². The van der Waals surface area contributed by atoms with Gasteiger partial charge in [0.05, 0.1) is 11.9 Å². The summed E-state index contributed by atoms with van der Waals surface area (Å²) in [5.74, 6) is 0.237. The third-order valence-electron chi connectivity index (χ3n) is 3.33. The standard InChI is InChI=1S/C17H21FN4O2S.HI/c1-19-17(20-11-13-6-5-8-15(18)10-13)21-12-14-7-3-4-9-16(14)22-25(2,23)24;/h3-10,22H,11-12H2,1-2H3,(H2,19,20,21);1H. The highest BCUT2D eigenvalue weighted by Gasteiger charge is 2.07. The lowest BCUT2D eigenvalue weighted by Gasteiger charge is -2.14. The zero-order valence-corrected chi connectivity index (χ0v) is 17.6. The summed E-state index contributed by atoms with van der Waals surface area (Å²) >= 11 is 0. The van der Waals surface area contributed by atoms with Crippen molar-refractivity contribution in [1.82, 2.24) is 10.6 Å². The number of anilines is 1. The van der Waals surface area contributed by atoms with Crippen LogP contribution in [0.1, 0.15) is 11.1 Å². The molecule has 0 aromatic heterocycles. The molecule has 9 heteroatoms. The van der Waals surface area contributed by atoms with Gasteiger partial charge in [-0.05, 0) is 29.3 Å². The molecule has 0 aliphatic heterocycles. The van der Waals surface area contributed by atoms with E-state index in [1.165, 1.54) is 12.1 Å². The summed E-state index contributed by atoms with van der Waals surface area (Å²) < 4.78 is 38.6. The van der Waals surface area contributed by atoms with E-state index in [-0.39, 0.29) is 29.8 Å². The van der Waals surface area contributed by atoms with Crippen LogP contribution in [0.25, 0.3) is 0 Å². The molecule has 0 aliphatic rings. The molecule has 3 N–H and O–H groups in total. The van der Waals surface area contributed by atoms with Crippen LogP contribution < -0.4 is 15.4 Å². The fourth-order valence-corrected chi connectivity index (χ4v) is 2.80. The Kier molecular flexibility index (Phi) is 8.79. The van der Waals surface area contributed by atoms with Crippen LogP contribution in [-0.2, 0) is 23.1 Å². The number of para-hydroxylation sites is 1. The largest absolute Gasteiger partial charge is 0.352 e. The van der Waals surface area contributed by atoms with E-state index in [0.29, 0.717) is 24.7 Å². The Morgan fingerprint density at radius 2 is 1.77 bits per heavy atom. The Labute approximate surface area is 170 Å². The zero-order chi connectivity index (χ0) is 18.3. The fourth-order valence-electron chi connectivity index (χ4n) is 2.21. The van der Waals surface area contributed by atoms with E-state index in [0.717, 1.165) is 17.4 Å². The summed E-state index contributed by atoms with van der Waals surface area (Å²) in [7, 11) is -1.73. The molecular weight excluding hydrogens is 470 g/mol. The highest BCUT2D eigenvalue weighted by Crippen LogP contribution is 2.15. The summed E-state index contributed by atoms with van der Waals surface area (Å²) in [5.41, 5.74) is 2.09. The van der Waals surface area contributed by atoms with E-state index >= 15 is 0 Å².